The molecule has 0 radical (unpaired) electrons. The lowest BCUT2D eigenvalue weighted by molar-refractivity contribution is 0.137. The molecule has 0 bridgehead atoms. The quantitative estimate of drug-likeness (QED) is 0.651. The summed E-state index contributed by atoms with van der Waals surface area (Å²) in [5.41, 5.74) is 0.820. The Morgan fingerprint density at radius 3 is 3.00 bits per heavy atom. The van der Waals surface area contributed by atoms with Crippen molar-refractivity contribution in [2.45, 2.75) is 17.0 Å². The minimum absolute atomic E-state index is 0.0642. The maximum absolute atomic E-state index is 9.96. The summed E-state index contributed by atoms with van der Waals surface area (Å²) in [6, 6.07) is 5.20. The molecule has 1 aliphatic rings. The van der Waals surface area contributed by atoms with Crippen LogP contribution in [-0.2, 0) is 0 Å². The number of thioether (sulfide) groups is 1. The van der Waals surface area contributed by atoms with Crippen LogP contribution in [-0.4, -0.2) is 29.1 Å². The molecule has 1 aromatic carbocycles. The van der Waals surface area contributed by atoms with Crippen molar-refractivity contribution in [1.29, 1.82) is 0 Å². The summed E-state index contributed by atoms with van der Waals surface area (Å²) in [4.78, 5) is 1.06. The number of aliphatic hydroxyl groups is 1. The van der Waals surface area contributed by atoms with Crippen LogP contribution in [0.3, 0.4) is 0 Å². The van der Waals surface area contributed by atoms with Crippen LogP contribution in [0.4, 0.5) is 0 Å². The van der Waals surface area contributed by atoms with Crippen LogP contribution < -0.4 is 5.32 Å². The lowest BCUT2D eigenvalue weighted by Gasteiger charge is -2.29. The number of benzene rings is 1. The summed E-state index contributed by atoms with van der Waals surface area (Å²) in [5, 5.41) is 22.3. The Morgan fingerprint density at radius 2 is 2.29 bits per heavy atom. The summed E-state index contributed by atoms with van der Waals surface area (Å²) < 4.78 is 0. The lowest BCUT2D eigenvalue weighted by Crippen LogP contribution is -2.36. The third-order valence-electron chi connectivity index (χ3n) is 2.48. The largest absolute Gasteiger partial charge is 0.508 e. The zero-order valence-corrected chi connectivity index (χ0v) is 8.71. The van der Waals surface area contributed by atoms with Crippen LogP contribution in [0.5, 0.6) is 5.75 Å². The molecule has 0 saturated carbocycles. The van der Waals surface area contributed by atoms with Crippen molar-refractivity contribution in [3.63, 3.8) is 0 Å². The van der Waals surface area contributed by atoms with Gasteiger partial charge < -0.3 is 15.5 Å². The molecule has 2 unspecified atom stereocenters. The predicted molar refractivity (Wildman–Crippen MR) is 56.6 cm³/mol. The molecule has 0 spiro atoms. The number of aliphatic hydroxyl groups excluding tert-OH is 1. The van der Waals surface area contributed by atoms with Crippen LogP contribution in [0.2, 0.25) is 0 Å². The van der Waals surface area contributed by atoms with E-state index in [1.165, 1.54) is 0 Å². The van der Waals surface area contributed by atoms with Gasteiger partial charge in [0.05, 0.1) is 6.10 Å². The van der Waals surface area contributed by atoms with Crippen molar-refractivity contribution in [1.82, 2.24) is 5.32 Å². The number of nitrogens with one attached hydrogen (secondary N) is 1. The highest BCUT2D eigenvalue weighted by Crippen LogP contribution is 2.37. The highest BCUT2D eigenvalue weighted by atomic mass is 32.2. The molecular formula is C10H13NO2S. The van der Waals surface area contributed by atoms with Gasteiger partial charge in [-0.15, -0.1) is 11.8 Å². The molecular weight excluding hydrogens is 198 g/mol. The Bertz CT molecular complexity index is 343. The summed E-state index contributed by atoms with van der Waals surface area (Å²) in [5.74, 6) is 1.07. The van der Waals surface area contributed by atoms with Crippen LogP contribution in [0.1, 0.15) is 11.7 Å². The van der Waals surface area contributed by atoms with Gasteiger partial charge in [-0.05, 0) is 30.8 Å². The van der Waals surface area contributed by atoms with E-state index in [2.05, 4.69) is 5.32 Å². The highest BCUT2D eigenvalue weighted by Gasteiger charge is 2.27. The second-order valence-corrected chi connectivity index (χ2v) is 4.43. The molecule has 0 saturated heterocycles. The SMILES string of the molecule is CNC1CSc2ccc(O)cc2C1O. The zero-order valence-electron chi connectivity index (χ0n) is 7.90. The van der Waals surface area contributed by atoms with Gasteiger partial charge in [0.15, 0.2) is 0 Å². The molecule has 14 heavy (non-hydrogen) atoms. The normalized spacial score (nSPS) is 25.9. The standard InChI is InChI=1S/C10H13NO2S/c1-11-8-5-14-9-3-2-6(12)4-7(9)10(8)13/h2-4,8,10-13H,5H2,1H3. The number of aromatic hydroxyl groups is 1. The van der Waals surface area contributed by atoms with Gasteiger partial charge in [0.25, 0.3) is 0 Å². The Balaban J connectivity index is 2.38. The third-order valence-corrected chi connectivity index (χ3v) is 3.69. The van der Waals surface area contributed by atoms with Crippen LogP contribution in [0.25, 0.3) is 0 Å². The van der Waals surface area contributed by atoms with E-state index >= 15 is 0 Å². The Morgan fingerprint density at radius 1 is 1.50 bits per heavy atom. The molecule has 2 rings (SSSR count). The van der Waals surface area contributed by atoms with Crippen LogP contribution >= 0.6 is 11.8 Å². The number of phenolic OH excluding ortho intramolecular Hbond substituents is 1. The van der Waals surface area contributed by atoms with E-state index in [0.717, 1.165) is 16.2 Å². The summed E-state index contributed by atoms with van der Waals surface area (Å²) in [6.45, 7) is 0. The first-order valence-electron chi connectivity index (χ1n) is 4.53. The van der Waals surface area contributed by atoms with E-state index in [1.54, 1.807) is 23.9 Å². The molecule has 4 heteroatoms. The smallest absolute Gasteiger partial charge is 0.116 e. The van der Waals surface area contributed by atoms with Crippen LogP contribution in [0.15, 0.2) is 23.1 Å². The van der Waals surface area contributed by atoms with E-state index in [0.29, 0.717) is 0 Å². The predicted octanol–water partition coefficient (Wildman–Crippen LogP) is 1.12. The average molecular weight is 211 g/mol. The Labute approximate surface area is 87.1 Å². The molecule has 1 heterocycles. The molecule has 76 valence electrons. The molecule has 0 fully saturated rings. The van der Waals surface area contributed by atoms with Gasteiger partial charge in [0.2, 0.25) is 0 Å². The van der Waals surface area contributed by atoms with Gasteiger partial charge in [0, 0.05) is 16.7 Å². The zero-order chi connectivity index (χ0) is 10.1. The highest BCUT2D eigenvalue weighted by molar-refractivity contribution is 7.99. The number of hydrogen-bond acceptors (Lipinski definition) is 4. The molecule has 3 N–H and O–H groups in total. The van der Waals surface area contributed by atoms with Gasteiger partial charge in [-0.25, -0.2) is 0 Å². The monoisotopic (exact) mass is 211 g/mol. The van der Waals surface area contributed by atoms with Gasteiger partial charge in [0.1, 0.15) is 5.75 Å². The molecule has 3 nitrogen and oxygen atoms in total. The second-order valence-electron chi connectivity index (χ2n) is 3.37. The van der Waals surface area contributed by atoms with Gasteiger partial charge in [-0.2, -0.15) is 0 Å². The second kappa shape index (κ2) is 3.81. The number of phenols is 1. The molecule has 1 aliphatic heterocycles. The third kappa shape index (κ3) is 1.61. The minimum atomic E-state index is -0.525. The number of rotatable bonds is 1. The fraction of sp³-hybridized carbons (Fsp3) is 0.400. The first kappa shape index (κ1) is 9.83. The van der Waals surface area contributed by atoms with E-state index in [4.69, 9.17) is 0 Å². The maximum Gasteiger partial charge on any atom is 0.116 e. The van der Waals surface area contributed by atoms with Crippen molar-refractivity contribution in [3.05, 3.63) is 23.8 Å². The fourth-order valence-electron chi connectivity index (χ4n) is 1.63. The lowest BCUT2D eigenvalue weighted by atomic mass is 10.0. The number of hydrogen-bond donors (Lipinski definition) is 3. The summed E-state index contributed by atoms with van der Waals surface area (Å²) in [7, 11) is 1.84. The topological polar surface area (TPSA) is 52.5 Å². The molecule has 0 aliphatic carbocycles. The average Bonchev–Trinajstić information content (AvgIpc) is 2.20. The molecule has 0 amide bonds. The summed E-state index contributed by atoms with van der Waals surface area (Å²) >= 11 is 1.70. The van der Waals surface area contributed by atoms with Gasteiger partial charge >= 0.3 is 0 Å². The van der Waals surface area contributed by atoms with Gasteiger partial charge in [-0.3, -0.25) is 0 Å². The van der Waals surface area contributed by atoms with E-state index in [1.807, 2.05) is 13.1 Å². The number of likely N-dealkylation sites (N-methyl/N-ethyl adjacent to an activating group) is 1. The first-order valence-corrected chi connectivity index (χ1v) is 5.52. The maximum atomic E-state index is 9.96. The van der Waals surface area contributed by atoms with Crippen molar-refractivity contribution in [3.8, 4) is 5.75 Å². The van der Waals surface area contributed by atoms with Crippen molar-refractivity contribution in [2.75, 3.05) is 12.8 Å². The molecule has 0 aromatic heterocycles. The Kier molecular flexibility index (Phi) is 2.67. The summed E-state index contributed by atoms with van der Waals surface area (Å²) in [6.07, 6.45) is -0.525. The fourth-order valence-corrected chi connectivity index (χ4v) is 2.85. The van der Waals surface area contributed by atoms with E-state index in [-0.39, 0.29) is 11.8 Å². The van der Waals surface area contributed by atoms with Gasteiger partial charge in [-0.1, -0.05) is 0 Å². The minimum Gasteiger partial charge on any atom is -0.508 e. The van der Waals surface area contributed by atoms with Crippen LogP contribution in [0, 0.1) is 0 Å². The van der Waals surface area contributed by atoms with Crippen molar-refractivity contribution >= 4 is 11.8 Å². The van der Waals surface area contributed by atoms with E-state index in [9.17, 15) is 10.2 Å². The number of fused-ring (bicyclic) bond motifs is 1. The molecule has 1 aromatic rings. The molecule has 2 atom stereocenters. The Hall–Kier alpha value is -0.710. The van der Waals surface area contributed by atoms with Crippen molar-refractivity contribution < 1.29 is 10.2 Å². The first-order chi connectivity index (χ1) is 6.72. The van der Waals surface area contributed by atoms with Crippen molar-refractivity contribution in [2.24, 2.45) is 0 Å². The van der Waals surface area contributed by atoms with E-state index < -0.39 is 6.10 Å².